The maximum Gasteiger partial charge on any atom is 0.320 e. The number of aryl methyl sites for hydroxylation is 1. The number of nitrogens with zero attached hydrogens (tertiary/aromatic N) is 4. The number of carboxylic acid groups (broad SMARTS) is 1. The van der Waals surface area contributed by atoms with Crippen LogP contribution in [0.3, 0.4) is 0 Å². The van der Waals surface area contributed by atoms with Gasteiger partial charge in [-0.2, -0.15) is 0 Å². The van der Waals surface area contributed by atoms with Gasteiger partial charge in [-0.1, -0.05) is 0 Å². The summed E-state index contributed by atoms with van der Waals surface area (Å²) in [6.45, 7) is 6.26. The molecule has 6 nitrogen and oxygen atoms in total. The number of carbonyl (C=O) groups is 1. The van der Waals surface area contributed by atoms with Crippen molar-refractivity contribution in [3.63, 3.8) is 0 Å². The Labute approximate surface area is 113 Å². The molecule has 0 bridgehead atoms. The highest BCUT2D eigenvalue weighted by Gasteiger charge is 2.24. The lowest BCUT2D eigenvalue weighted by Gasteiger charge is -2.36. The first-order chi connectivity index (χ1) is 9.08. The second-order valence-electron chi connectivity index (χ2n) is 5.10. The average Bonchev–Trinajstić information content (AvgIpc) is 2.81. The minimum absolute atomic E-state index is 0.378. The molecule has 1 aromatic heterocycles. The minimum Gasteiger partial charge on any atom is -0.480 e. The van der Waals surface area contributed by atoms with Crippen molar-refractivity contribution in [1.82, 2.24) is 19.4 Å². The molecule has 6 heteroatoms. The first kappa shape index (κ1) is 14.0. The molecule has 1 N–H and O–H groups in total. The molecule has 0 radical (unpaired) electrons. The molecule has 1 aliphatic heterocycles. The van der Waals surface area contributed by atoms with Gasteiger partial charge in [0.2, 0.25) is 0 Å². The highest BCUT2D eigenvalue weighted by molar-refractivity contribution is 5.72. The molecule has 1 atom stereocenters. The van der Waals surface area contributed by atoms with E-state index in [4.69, 9.17) is 5.11 Å². The molecule has 0 aromatic carbocycles. The predicted octanol–water partition coefficient (Wildman–Crippen LogP) is 0.0533. The number of aromatic nitrogens is 2. The second-order valence-corrected chi connectivity index (χ2v) is 5.10. The molecule has 19 heavy (non-hydrogen) atoms. The maximum absolute atomic E-state index is 10.9. The van der Waals surface area contributed by atoms with Crippen LogP contribution in [0, 0.1) is 0 Å². The molecule has 0 amide bonds. The lowest BCUT2D eigenvalue weighted by Crippen LogP contribution is -2.52. The van der Waals surface area contributed by atoms with E-state index in [0.29, 0.717) is 0 Å². The quantitative estimate of drug-likeness (QED) is 0.816. The summed E-state index contributed by atoms with van der Waals surface area (Å²) in [6, 6.07) is -0.378. The van der Waals surface area contributed by atoms with Crippen LogP contribution in [0.4, 0.5) is 0 Å². The molecule has 0 aliphatic carbocycles. The molecule has 0 spiro atoms. The van der Waals surface area contributed by atoms with Gasteiger partial charge in [0.15, 0.2) is 0 Å². The number of aliphatic carboxylic acids is 1. The number of carboxylic acids is 1. The van der Waals surface area contributed by atoms with Crippen molar-refractivity contribution in [2.75, 3.05) is 32.7 Å². The Bertz CT molecular complexity index is 424. The maximum atomic E-state index is 10.9. The predicted molar refractivity (Wildman–Crippen MR) is 72.0 cm³/mol. The number of hydrogen-bond acceptors (Lipinski definition) is 4. The van der Waals surface area contributed by atoms with Crippen LogP contribution in [0.15, 0.2) is 12.4 Å². The van der Waals surface area contributed by atoms with Crippen LogP contribution in [0.2, 0.25) is 0 Å². The van der Waals surface area contributed by atoms with E-state index in [-0.39, 0.29) is 6.04 Å². The first-order valence-corrected chi connectivity index (χ1v) is 6.73. The molecule has 1 fully saturated rings. The van der Waals surface area contributed by atoms with Crippen LogP contribution in [-0.2, 0) is 18.3 Å². The van der Waals surface area contributed by atoms with Crippen molar-refractivity contribution in [2.45, 2.75) is 19.4 Å². The Hall–Kier alpha value is -1.40. The number of piperazine rings is 1. The molecular weight excluding hydrogens is 244 g/mol. The minimum atomic E-state index is -0.735. The van der Waals surface area contributed by atoms with Crippen molar-refractivity contribution in [1.29, 1.82) is 0 Å². The van der Waals surface area contributed by atoms with Crippen LogP contribution in [0.25, 0.3) is 0 Å². The van der Waals surface area contributed by atoms with E-state index >= 15 is 0 Å². The Kier molecular flexibility index (Phi) is 4.55. The lowest BCUT2D eigenvalue weighted by atomic mass is 10.2. The smallest absolute Gasteiger partial charge is 0.320 e. The fourth-order valence-corrected chi connectivity index (χ4v) is 2.43. The molecule has 0 saturated carbocycles. The molecule has 2 rings (SSSR count). The van der Waals surface area contributed by atoms with Crippen LogP contribution < -0.4 is 0 Å². The largest absolute Gasteiger partial charge is 0.480 e. The molecule has 1 saturated heterocycles. The normalized spacial score (nSPS) is 19.5. The molecule has 1 unspecified atom stereocenters. The van der Waals surface area contributed by atoms with Gasteiger partial charge < -0.3 is 14.6 Å². The zero-order chi connectivity index (χ0) is 13.8. The van der Waals surface area contributed by atoms with Crippen molar-refractivity contribution >= 4 is 5.97 Å². The first-order valence-electron chi connectivity index (χ1n) is 6.73. The standard InChI is InChI=1S/C13H22N4O2/c1-11(13(18)19)17-9-7-16(8-10-17)5-3-12-14-4-6-15(12)2/h4,6,11H,3,5,7-10H2,1-2H3,(H,18,19). The summed E-state index contributed by atoms with van der Waals surface area (Å²) in [4.78, 5) is 19.6. The van der Waals surface area contributed by atoms with Gasteiger partial charge in [-0.25, -0.2) is 4.98 Å². The van der Waals surface area contributed by atoms with Crippen LogP contribution >= 0.6 is 0 Å². The number of rotatable bonds is 5. The van der Waals surface area contributed by atoms with Gasteiger partial charge in [-0.15, -0.1) is 0 Å². The van der Waals surface area contributed by atoms with E-state index in [1.54, 1.807) is 6.92 Å². The summed E-state index contributed by atoms with van der Waals surface area (Å²) >= 11 is 0. The Balaban J connectivity index is 1.75. The fourth-order valence-electron chi connectivity index (χ4n) is 2.43. The molecule has 1 aliphatic rings. The van der Waals surface area contributed by atoms with Crippen molar-refractivity contribution in [2.24, 2.45) is 7.05 Å². The van der Waals surface area contributed by atoms with Crippen LogP contribution in [0.5, 0.6) is 0 Å². The summed E-state index contributed by atoms with van der Waals surface area (Å²) < 4.78 is 2.04. The summed E-state index contributed by atoms with van der Waals surface area (Å²) in [5.41, 5.74) is 0. The Morgan fingerprint density at radius 1 is 1.42 bits per heavy atom. The van der Waals surface area contributed by atoms with Gasteiger partial charge in [0.1, 0.15) is 11.9 Å². The number of imidazole rings is 1. The Morgan fingerprint density at radius 3 is 2.63 bits per heavy atom. The van der Waals surface area contributed by atoms with Crippen molar-refractivity contribution in [3.8, 4) is 0 Å². The van der Waals surface area contributed by atoms with E-state index in [9.17, 15) is 4.79 Å². The van der Waals surface area contributed by atoms with Gasteiger partial charge in [-0.3, -0.25) is 9.69 Å². The van der Waals surface area contributed by atoms with E-state index in [1.807, 2.05) is 28.9 Å². The van der Waals surface area contributed by atoms with Gasteiger partial charge >= 0.3 is 5.97 Å². The Morgan fingerprint density at radius 2 is 2.11 bits per heavy atom. The zero-order valence-electron chi connectivity index (χ0n) is 11.6. The third-order valence-electron chi connectivity index (χ3n) is 3.88. The van der Waals surface area contributed by atoms with Gasteiger partial charge in [0, 0.05) is 58.6 Å². The fraction of sp³-hybridized carbons (Fsp3) is 0.692. The number of hydrogen-bond donors (Lipinski definition) is 1. The van der Waals surface area contributed by atoms with Gasteiger partial charge in [0.05, 0.1) is 0 Å². The summed E-state index contributed by atoms with van der Waals surface area (Å²) in [7, 11) is 2.01. The second kappa shape index (κ2) is 6.16. The summed E-state index contributed by atoms with van der Waals surface area (Å²) in [5.74, 6) is 0.364. The molecular formula is C13H22N4O2. The monoisotopic (exact) mass is 266 g/mol. The highest BCUT2D eigenvalue weighted by Crippen LogP contribution is 2.07. The van der Waals surface area contributed by atoms with E-state index in [2.05, 4.69) is 9.88 Å². The SMILES string of the molecule is CC(C(=O)O)N1CCN(CCc2nccn2C)CC1. The van der Waals surface area contributed by atoms with E-state index in [1.165, 1.54) is 0 Å². The third-order valence-corrected chi connectivity index (χ3v) is 3.88. The molecule has 2 heterocycles. The molecule has 106 valence electrons. The van der Waals surface area contributed by atoms with E-state index in [0.717, 1.165) is 45.0 Å². The third kappa shape index (κ3) is 3.54. The zero-order valence-corrected chi connectivity index (χ0v) is 11.6. The average molecular weight is 266 g/mol. The van der Waals surface area contributed by atoms with Gasteiger partial charge in [0.25, 0.3) is 0 Å². The van der Waals surface area contributed by atoms with Gasteiger partial charge in [-0.05, 0) is 6.92 Å². The van der Waals surface area contributed by atoms with Crippen molar-refractivity contribution in [3.05, 3.63) is 18.2 Å². The highest BCUT2D eigenvalue weighted by atomic mass is 16.4. The van der Waals surface area contributed by atoms with Crippen LogP contribution in [-0.4, -0.2) is 69.2 Å². The summed E-state index contributed by atoms with van der Waals surface area (Å²) in [5, 5.41) is 8.99. The summed E-state index contributed by atoms with van der Waals surface area (Å²) in [6.07, 6.45) is 4.72. The van der Waals surface area contributed by atoms with Crippen LogP contribution in [0.1, 0.15) is 12.7 Å². The van der Waals surface area contributed by atoms with E-state index < -0.39 is 5.97 Å². The topological polar surface area (TPSA) is 61.6 Å². The lowest BCUT2D eigenvalue weighted by molar-refractivity contribution is -0.143. The van der Waals surface area contributed by atoms with Crippen molar-refractivity contribution < 1.29 is 9.90 Å². The molecule has 1 aromatic rings.